The molecule has 6 heteroatoms. The van der Waals surface area contributed by atoms with Crippen LogP contribution in [0.3, 0.4) is 0 Å². The molecule has 0 fully saturated rings. The summed E-state index contributed by atoms with van der Waals surface area (Å²) in [5.74, 6) is 0. The van der Waals surface area contributed by atoms with Crippen LogP contribution in [-0.4, -0.2) is 9.49 Å². The Labute approximate surface area is 127 Å². The third kappa shape index (κ3) is 2.45. The van der Waals surface area contributed by atoms with E-state index in [0.717, 1.165) is 9.86 Å². The second kappa shape index (κ2) is 5.14. The highest BCUT2D eigenvalue weighted by Gasteiger charge is 2.08. The van der Waals surface area contributed by atoms with Gasteiger partial charge in [-0.1, -0.05) is 15.9 Å². The summed E-state index contributed by atoms with van der Waals surface area (Å²) in [6.45, 7) is 0. The van der Waals surface area contributed by atoms with Gasteiger partial charge in [0.15, 0.2) is 0 Å². The van der Waals surface area contributed by atoms with E-state index in [1.807, 2.05) is 18.2 Å². The van der Waals surface area contributed by atoms with Crippen LogP contribution in [0.25, 0.3) is 16.5 Å². The molecule has 0 saturated carbocycles. The number of aromatic nitrogens is 1. The Morgan fingerprint density at radius 1 is 1.05 bits per heavy atom. The van der Waals surface area contributed by atoms with Gasteiger partial charge in [-0.3, -0.25) is 19.5 Å². The van der Waals surface area contributed by atoms with Crippen LogP contribution >= 0.6 is 15.9 Å². The minimum Gasteiger partial charge on any atom is -0.284 e. The molecule has 5 nitrogen and oxygen atoms in total. The summed E-state index contributed by atoms with van der Waals surface area (Å²) in [4.78, 5) is 22.7. The van der Waals surface area contributed by atoms with Crippen molar-refractivity contribution in [3.63, 3.8) is 0 Å². The minimum atomic E-state index is -0.468. The molecule has 1 heterocycles. The zero-order chi connectivity index (χ0) is 15.0. The van der Waals surface area contributed by atoms with Gasteiger partial charge in [-0.2, -0.15) is 0 Å². The number of rotatable bonds is 2. The molecule has 0 aliphatic carbocycles. The molecule has 0 amide bonds. The average molecular weight is 345 g/mol. The molecule has 0 saturated heterocycles. The van der Waals surface area contributed by atoms with Gasteiger partial charge in [-0.15, -0.1) is 0 Å². The van der Waals surface area contributed by atoms with Crippen LogP contribution < -0.4 is 5.56 Å². The number of nitro benzene ring substituents is 1. The largest absolute Gasteiger partial charge is 0.284 e. The van der Waals surface area contributed by atoms with Crippen molar-refractivity contribution in [3.8, 4) is 5.69 Å². The van der Waals surface area contributed by atoms with Gasteiger partial charge in [0.2, 0.25) is 0 Å². The molecule has 0 aliphatic rings. The van der Waals surface area contributed by atoms with Crippen LogP contribution in [-0.2, 0) is 0 Å². The first-order valence-corrected chi connectivity index (χ1v) is 6.91. The third-order valence-electron chi connectivity index (χ3n) is 3.20. The fraction of sp³-hybridized carbons (Fsp3) is 0. The van der Waals surface area contributed by atoms with Gasteiger partial charge in [0.05, 0.1) is 4.92 Å². The van der Waals surface area contributed by atoms with E-state index in [-0.39, 0.29) is 11.2 Å². The molecule has 104 valence electrons. The second-order valence-corrected chi connectivity index (χ2v) is 5.41. The first-order chi connectivity index (χ1) is 10.1. The normalized spacial score (nSPS) is 10.7. The van der Waals surface area contributed by atoms with Gasteiger partial charge in [-0.25, -0.2) is 0 Å². The Bertz CT molecular complexity index is 901. The number of nitrogens with zero attached hydrogens (tertiary/aromatic N) is 2. The number of hydrogen-bond donors (Lipinski definition) is 0. The molecule has 0 aliphatic heterocycles. The lowest BCUT2D eigenvalue weighted by molar-refractivity contribution is -0.384. The van der Waals surface area contributed by atoms with Crippen molar-refractivity contribution >= 4 is 32.4 Å². The van der Waals surface area contributed by atoms with Gasteiger partial charge in [-0.05, 0) is 41.8 Å². The Morgan fingerprint density at radius 2 is 1.76 bits per heavy atom. The Hall–Kier alpha value is -2.47. The van der Waals surface area contributed by atoms with E-state index < -0.39 is 4.92 Å². The minimum absolute atomic E-state index is 0.00322. The molecule has 0 radical (unpaired) electrons. The maximum absolute atomic E-state index is 12.5. The predicted molar refractivity (Wildman–Crippen MR) is 83.9 cm³/mol. The van der Waals surface area contributed by atoms with E-state index in [1.54, 1.807) is 24.4 Å². The molecule has 0 unspecified atom stereocenters. The monoisotopic (exact) mass is 344 g/mol. The van der Waals surface area contributed by atoms with Crippen LogP contribution in [0.15, 0.2) is 64.0 Å². The third-order valence-corrected chi connectivity index (χ3v) is 3.70. The first-order valence-electron chi connectivity index (χ1n) is 6.12. The molecule has 0 N–H and O–H groups in total. The van der Waals surface area contributed by atoms with E-state index in [0.29, 0.717) is 11.1 Å². The van der Waals surface area contributed by atoms with E-state index in [2.05, 4.69) is 15.9 Å². The Morgan fingerprint density at radius 3 is 2.43 bits per heavy atom. The van der Waals surface area contributed by atoms with Crippen LogP contribution in [0.5, 0.6) is 0 Å². The van der Waals surface area contributed by atoms with E-state index in [9.17, 15) is 14.9 Å². The number of hydrogen-bond acceptors (Lipinski definition) is 3. The van der Waals surface area contributed by atoms with E-state index >= 15 is 0 Å². The smallest absolute Gasteiger partial charge is 0.269 e. The van der Waals surface area contributed by atoms with E-state index in [4.69, 9.17) is 0 Å². The maximum atomic E-state index is 12.5. The summed E-state index contributed by atoms with van der Waals surface area (Å²) in [6, 6.07) is 13.2. The lowest BCUT2D eigenvalue weighted by atomic mass is 10.1. The van der Waals surface area contributed by atoms with Crippen molar-refractivity contribution in [2.75, 3.05) is 0 Å². The average Bonchev–Trinajstić information content (AvgIpc) is 2.47. The fourth-order valence-electron chi connectivity index (χ4n) is 2.16. The number of nitro groups is 1. The summed E-state index contributed by atoms with van der Waals surface area (Å²) in [5, 5.41) is 12.1. The van der Waals surface area contributed by atoms with Gasteiger partial charge >= 0.3 is 0 Å². The summed E-state index contributed by atoms with van der Waals surface area (Å²) in [5.41, 5.74) is 0.431. The molecule has 0 spiro atoms. The van der Waals surface area contributed by atoms with Crippen LogP contribution in [0.2, 0.25) is 0 Å². The van der Waals surface area contributed by atoms with Crippen molar-refractivity contribution in [2.45, 2.75) is 0 Å². The summed E-state index contributed by atoms with van der Waals surface area (Å²) in [7, 11) is 0. The lowest BCUT2D eigenvalue weighted by Crippen LogP contribution is -2.17. The van der Waals surface area contributed by atoms with Crippen LogP contribution in [0.4, 0.5) is 5.69 Å². The summed E-state index contributed by atoms with van der Waals surface area (Å²) in [6.07, 6.45) is 1.66. The van der Waals surface area contributed by atoms with Crippen molar-refractivity contribution in [3.05, 3.63) is 79.7 Å². The van der Waals surface area contributed by atoms with Crippen molar-refractivity contribution in [1.29, 1.82) is 0 Å². The highest BCUT2D eigenvalue weighted by atomic mass is 79.9. The molecular formula is C15H9BrN2O3. The SMILES string of the molecule is O=c1c2ccc(Br)cc2ccn1-c1ccc([N+](=O)[O-])cc1. The van der Waals surface area contributed by atoms with Gasteiger partial charge in [0.1, 0.15) is 0 Å². The molecule has 2 aromatic carbocycles. The van der Waals surface area contributed by atoms with Crippen LogP contribution in [0, 0.1) is 10.1 Å². The highest BCUT2D eigenvalue weighted by molar-refractivity contribution is 9.10. The topological polar surface area (TPSA) is 65.1 Å². The summed E-state index contributed by atoms with van der Waals surface area (Å²) < 4.78 is 2.38. The maximum Gasteiger partial charge on any atom is 0.269 e. The molecule has 3 rings (SSSR count). The molecular weight excluding hydrogens is 336 g/mol. The van der Waals surface area contributed by atoms with Gasteiger partial charge in [0.25, 0.3) is 11.2 Å². The standard InChI is InChI=1S/C15H9BrN2O3/c16-11-1-6-14-10(9-11)7-8-17(15(14)19)12-2-4-13(5-3-12)18(20)21/h1-9H. The number of benzene rings is 2. The molecule has 0 atom stereocenters. The van der Waals surface area contributed by atoms with Crippen LogP contribution in [0.1, 0.15) is 0 Å². The van der Waals surface area contributed by atoms with Crippen molar-refractivity contribution < 1.29 is 4.92 Å². The molecule has 3 aromatic rings. The highest BCUT2D eigenvalue weighted by Crippen LogP contribution is 2.19. The zero-order valence-electron chi connectivity index (χ0n) is 10.7. The number of halogens is 1. The molecule has 21 heavy (non-hydrogen) atoms. The Kier molecular flexibility index (Phi) is 3.31. The lowest BCUT2D eigenvalue weighted by Gasteiger charge is -2.07. The van der Waals surface area contributed by atoms with Crippen molar-refractivity contribution in [2.24, 2.45) is 0 Å². The first kappa shape index (κ1) is 13.5. The number of fused-ring (bicyclic) bond motifs is 1. The predicted octanol–water partition coefficient (Wildman–Crippen LogP) is 3.66. The van der Waals surface area contributed by atoms with Crippen molar-refractivity contribution in [1.82, 2.24) is 4.57 Å². The van der Waals surface area contributed by atoms with Gasteiger partial charge < -0.3 is 0 Å². The Balaban J connectivity index is 2.16. The molecule has 1 aromatic heterocycles. The number of non-ortho nitro benzene ring substituents is 1. The zero-order valence-corrected chi connectivity index (χ0v) is 12.3. The van der Waals surface area contributed by atoms with Gasteiger partial charge in [0, 0.05) is 33.9 Å². The summed E-state index contributed by atoms with van der Waals surface area (Å²) >= 11 is 3.37. The second-order valence-electron chi connectivity index (χ2n) is 4.50. The fourth-order valence-corrected chi connectivity index (χ4v) is 2.54. The number of pyridine rings is 1. The quantitative estimate of drug-likeness (QED) is 0.526. The molecule has 0 bridgehead atoms. The van der Waals surface area contributed by atoms with E-state index in [1.165, 1.54) is 16.7 Å².